The minimum Gasteiger partial charge on any atom is -0.354 e. The first-order chi connectivity index (χ1) is 14.3. The third kappa shape index (κ3) is 3.86. The number of rotatable bonds is 5. The maximum Gasteiger partial charge on any atom is 0.270 e. The SMILES string of the molecule is Cc1nc(N2CCN(S(=O)(=O)c3cccc([N+](=O)[O-])c3)CC2)cc(-n2cccn2)n1. The van der Waals surface area contributed by atoms with Crippen molar-refractivity contribution in [2.24, 2.45) is 0 Å². The zero-order valence-electron chi connectivity index (χ0n) is 16.1. The van der Waals surface area contributed by atoms with Gasteiger partial charge in [0.2, 0.25) is 10.0 Å². The fourth-order valence-electron chi connectivity index (χ4n) is 3.28. The lowest BCUT2D eigenvalue weighted by atomic mass is 10.3. The molecule has 1 aliphatic rings. The first kappa shape index (κ1) is 19.9. The molecule has 30 heavy (non-hydrogen) atoms. The van der Waals surface area contributed by atoms with Gasteiger partial charge in [-0.05, 0) is 19.1 Å². The van der Waals surface area contributed by atoms with E-state index in [4.69, 9.17) is 0 Å². The van der Waals surface area contributed by atoms with Crippen molar-refractivity contribution in [3.8, 4) is 5.82 Å². The van der Waals surface area contributed by atoms with Crippen molar-refractivity contribution in [2.75, 3.05) is 31.1 Å². The van der Waals surface area contributed by atoms with Crippen molar-refractivity contribution in [3.05, 3.63) is 64.7 Å². The Morgan fingerprint density at radius 2 is 1.77 bits per heavy atom. The van der Waals surface area contributed by atoms with E-state index in [-0.39, 0.29) is 23.7 Å². The van der Waals surface area contributed by atoms with Gasteiger partial charge in [0.15, 0.2) is 5.82 Å². The number of nitrogens with zero attached hydrogens (tertiary/aromatic N) is 7. The van der Waals surface area contributed by atoms with Gasteiger partial charge >= 0.3 is 0 Å². The van der Waals surface area contributed by atoms with E-state index in [9.17, 15) is 18.5 Å². The van der Waals surface area contributed by atoms with Gasteiger partial charge in [0.25, 0.3) is 5.69 Å². The summed E-state index contributed by atoms with van der Waals surface area (Å²) in [5, 5.41) is 15.2. The third-order valence-corrected chi connectivity index (χ3v) is 6.67. The molecule has 1 aromatic carbocycles. The second-order valence-corrected chi connectivity index (χ2v) is 8.67. The van der Waals surface area contributed by atoms with Crippen LogP contribution in [-0.4, -0.2) is 63.6 Å². The summed E-state index contributed by atoms with van der Waals surface area (Å²) in [7, 11) is -3.82. The molecule has 0 atom stereocenters. The van der Waals surface area contributed by atoms with Gasteiger partial charge in [-0.2, -0.15) is 9.40 Å². The van der Waals surface area contributed by atoms with E-state index >= 15 is 0 Å². The van der Waals surface area contributed by atoms with Crippen LogP contribution in [0.25, 0.3) is 5.82 Å². The van der Waals surface area contributed by atoms with Crippen molar-refractivity contribution in [3.63, 3.8) is 0 Å². The molecular formula is C18H19N7O4S. The molecule has 2 aromatic heterocycles. The zero-order valence-corrected chi connectivity index (χ0v) is 16.9. The largest absolute Gasteiger partial charge is 0.354 e. The first-order valence-corrected chi connectivity index (χ1v) is 10.6. The Hall–Kier alpha value is -3.38. The van der Waals surface area contributed by atoms with Gasteiger partial charge in [0.05, 0.1) is 9.82 Å². The molecule has 12 heteroatoms. The van der Waals surface area contributed by atoms with Crippen molar-refractivity contribution in [1.29, 1.82) is 0 Å². The molecule has 156 valence electrons. The number of anilines is 1. The highest BCUT2D eigenvalue weighted by Crippen LogP contribution is 2.23. The average molecular weight is 429 g/mol. The highest BCUT2D eigenvalue weighted by atomic mass is 32.2. The monoisotopic (exact) mass is 429 g/mol. The molecule has 0 radical (unpaired) electrons. The number of nitro groups is 1. The number of hydrogen-bond acceptors (Lipinski definition) is 8. The van der Waals surface area contributed by atoms with Crippen molar-refractivity contribution >= 4 is 21.5 Å². The maximum absolute atomic E-state index is 12.9. The highest BCUT2D eigenvalue weighted by molar-refractivity contribution is 7.89. The molecular weight excluding hydrogens is 410 g/mol. The van der Waals surface area contributed by atoms with Crippen LogP contribution in [0.3, 0.4) is 0 Å². The molecule has 11 nitrogen and oxygen atoms in total. The molecule has 4 rings (SSSR count). The van der Waals surface area contributed by atoms with E-state index in [2.05, 4.69) is 15.1 Å². The number of non-ortho nitro benzene ring substituents is 1. The van der Waals surface area contributed by atoms with Crippen LogP contribution in [0.1, 0.15) is 5.82 Å². The van der Waals surface area contributed by atoms with Crippen LogP contribution in [0.5, 0.6) is 0 Å². The Balaban J connectivity index is 1.52. The smallest absolute Gasteiger partial charge is 0.270 e. The highest BCUT2D eigenvalue weighted by Gasteiger charge is 2.30. The molecule has 0 spiro atoms. The van der Waals surface area contributed by atoms with E-state index in [0.717, 1.165) is 6.07 Å². The summed E-state index contributed by atoms with van der Waals surface area (Å²) in [5.41, 5.74) is -0.252. The molecule has 0 bridgehead atoms. The Kier molecular flexibility index (Phi) is 5.18. The molecule has 0 amide bonds. The molecule has 1 fully saturated rings. The third-order valence-electron chi connectivity index (χ3n) is 4.78. The Labute approximate surface area is 172 Å². The number of sulfonamides is 1. The van der Waals surface area contributed by atoms with Gasteiger partial charge in [-0.25, -0.2) is 23.1 Å². The molecule has 3 heterocycles. The van der Waals surface area contributed by atoms with Crippen LogP contribution in [0.2, 0.25) is 0 Å². The maximum atomic E-state index is 12.9. The topological polar surface area (TPSA) is 127 Å². The average Bonchev–Trinajstić information content (AvgIpc) is 3.28. The Bertz CT molecular complexity index is 1170. The number of nitro benzene ring substituents is 1. The second-order valence-electron chi connectivity index (χ2n) is 6.73. The predicted molar refractivity (Wildman–Crippen MR) is 108 cm³/mol. The van der Waals surface area contributed by atoms with Crippen LogP contribution in [0.15, 0.2) is 53.7 Å². The lowest BCUT2D eigenvalue weighted by Gasteiger charge is -2.34. The van der Waals surface area contributed by atoms with Crippen molar-refractivity contribution in [2.45, 2.75) is 11.8 Å². The number of benzene rings is 1. The van der Waals surface area contributed by atoms with Crippen molar-refractivity contribution < 1.29 is 13.3 Å². The standard InChI is InChI=1S/C18H19N7O4S/c1-14-20-17(13-18(21-14)24-7-3-6-19-24)22-8-10-23(11-9-22)30(28,29)16-5-2-4-15(12-16)25(26)27/h2-7,12-13H,8-11H2,1H3. The summed E-state index contributed by atoms with van der Waals surface area (Å²) in [5.74, 6) is 1.92. The molecule has 0 saturated carbocycles. The van der Waals surface area contributed by atoms with Gasteiger partial charge in [-0.15, -0.1) is 0 Å². The lowest BCUT2D eigenvalue weighted by Crippen LogP contribution is -2.49. The Morgan fingerprint density at radius 1 is 1.03 bits per heavy atom. The Morgan fingerprint density at radius 3 is 2.43 bits per heavy atom. The van der Waals surface area contributed by atoms with Crippen molar-refractivity contribution in [1.82, 2.24) is 24.1 Å². The van der Waals surface area contributed by atoms with Crippen LogP contribution >= 0.6 is 0 Å². The molecule has 0 N–H and O–H groups in total. The van der Waals surface area contributed by atoms with Crippen LogP contribution in [0.4, 0.5) is 11.5 Å². The summed E-state index contributed by atoms with van der Waals surface area (Å²) in [6, 6.07) is 8.72. The van der Waals surface area contributed by atoms with Gasteiger partial charge in [-0.1, -0.05) is 6.07 Å². The number of aromatic nitrogens is 4. The van der Waals surface area contributed by atoms with Gasteiger partial charge in [-0.3, -0.25) is 10.1 Å². The summed E-state index contributed by atoms with van der Waals surface area (Å²) in [6.45, 7) is 3.14. The van der Waals surface area contributed by atoms with Gasteiger partial charge in [0, 0.05) is 56.8 Å². The molecule has 1 saturated heterocycles. The van der Waals surface area contributed by atoms with E-state index in [1.54, 1.807) is 30.1 Å². The normalized spacial score (nSPS) is 15.3. The number of piperazine rings is 1. The number of aryl methyl sites for hydroxylation is 1. The van der Waals surface area contributed by atoms with Gasteiger partial charge in [0.1, 0.15) is 11.6 Å². The van der Waals surface area contributed by atoms with E-state index < -0.39 is 14.9 Å². The summed E-state index contributed by atoms with van der Waals surface area (Å²) in [6.07, 6.45) is 3.45. The lowest BCUT2D eigenvalue weighted by molar-refractivity contribution is -0.385. The number of hydrogen-bond donors (Lipinski definition) is 0. The van der Waals surface area contributed by atoms with E-state index in [1.807, 2.05) is 11.0 Å². The quantitative estimate of drug-likeness (QED) is 0.440. The fourth-order valence-corrected chi connectivity index (χ4v) is 4.75. The predicted octanol–water partition coefficient (Wildman–Crippen LogP) is 1.39. The van der Waals surface area contributed by atoms with Gasteiger partial charge < -0.3 is 4.90 Å². The molecule has 1 aliphatic heterocycles. The molecule has 3 aromatic rings. The minimum absolute atomic E-state index is 0.0796. The summed E-state index contributed by atoms with van der Waals surface area (Å²) < 4.78 is 28.8. The van der Waals surface area contributed by atoms with E-state index in [1.165, 1.54) is 22.5 Å². The second kappa shape index (κ2) is 7.80. The summed E-state index contributed by atoms with van der Waals surface area (Å²) in [4.78, 5) is 21.1. The minimum atomic E-state index is -3.82. The summed E-state index contributed by atoms with van der Waals surface area (Å²) >= 11 is 0. The fraction of sp³-hybridized carbons (Fsp3) is 0.278. The van der Waals surface area contributed by atoms with Crippen LogP contribution in [-0.2, 0) is 10.0 Å². The zero-order chi connectivity index (χ0) is 21.3. The molecule has 0 aliphatic carbocycles. The van der Waals surface area contributed by atoms with Crippen LogP contribution in [0, 0.1) is 17.0 Å². The van der Waals surface area contributed by atoms with Crippen LogP contribution < -0.4 is 4.90 Å². The first-order valence-electron chi connectivity index (χ1n) is 9.20. The van der Waals surface area contributed by atoms with E-state index in [0.29, 0.717) is 30.5 Å². The molecule has 0 unspecified atom stereocenters.